The van der Waals surface area contributed by atoms with Crippen LogP contribution in [0.1, 0.15) is 128 Å². The molecule has 0 N–H and O–H groups in total. The fraction of sp³-hybridized carbons (Fsp3) is 0.788. The number of hydrogen-bond acceptors (Lipinski definition) is 5. The lowest BCUT2D eigenvalue weighted by Gasteiger charge is -2.37. The summed E-state index contributed by atoms with van der Waals surface area (Å²) in [5.74, 6) is 0.275. The maximum atomic E-state index is 13.8. The Morgan fingerprint density at radius 3 is 2.07 bits per heavy atom. The Kier molecular flexibility index (Phi) is 14.8. The number of carbonyl (C=O) groups is 1. The summed E-state index contributed by atoms with van der Waals surface area (Å²) in [7, 11) is 0. The lowest BCUT2D eigenvalue weighted by atomic mass is 9.78. The van der Waals surface area contributed by atoms with Gasteiger partial charge in [-0.25, -0.2) is 0 Å². The predicted molar refractivity (Wildman–Crippen MR) is 154 cm³/mol. The van der Waals surface area contributed by atoms with Gasteiger partial charge in [-0.2, -0.15) is 13.2 Å². The molecule has 2 fully saturated rings. The predicted octanol–water partition coefficient (Wildman–Crippen LogP) is 9.28. The minimum atomic E-state index is -4.63. The van der Waals surface area contributed by atoms with Crippen LogP contribution in [0, 0.1) is 5.92 Å². The molecule has 0 unspecified atom stereocenters. The van der Waals surface area contributed by atoms with Crippen LogP contribution in [0.3, 0.4) is 0 Å². The molecule has 3 rings (SSSR count). The third-order valence-corrected chi connectivity index (χ3v) is 8.39. The molecule has 41 heavy (non-hydrogen) atoms. The van der Waals surface area contributed by atoms with Crippen molar-refractivity contribution < 1.29 is 36.9 Å². The van der Waals surface area contributed by atoms with E-state index in [-0.39, 0.29) is 18.8 Å². The van der Waals surface area contributed by atoms with Crippen LogP contribution in [0.5, 0.6) is 5.75 Å². The Morgan fingerprint density at radius 2 is 1.41 bits per heavy atom. The van der Waals surface area contributed by atoms with Gasteiger partial charge in [0.15, 0.2) is 12.4 Å². The molecule has 1 aliphatic carbocycles. The Morgan fingerprint density at radius 1 is 0.805 bits per heavy atom. The summed E-state index contributed by atoms with van der Waals surface area (Å²) in [6.07, 6.45) is 5.44. The van der Waals surface area contributed by atoms with E-state index in [1.807, 2.05) is 12.1 Å². The average Bonchev–Trinajstić information content (AvgIpc) is 2.97. The second-order valence-corrected chi connectivity index (χ2v) is 11.7. The van der Waals surface area contributed by atoms with Gasteiger partial charge in [0.1, 0.15) is 11.9 Å². The van der Waals surface area contributed by atoms with Crippen LogP contribution in [0.4, 0.5) is 13.2 Å². The van der Waals surface area contributed by atoms with Crippen molar-refractivity contribution in [3.63, 3.8) is 0 Å². The van der Waals surface area contributed by atoms with E-state index in [1.54, 1.807) is 0 Å². The summed E-state index contributed by atoms with van der Waals surface area (Å²) in [4.78, 5) is 12.9. The lowest BCUT2D eigenvalue weighted by molar-refractivity contribution is -0.313. The summed E-state index contributed by atoms with van der Waals surface area (Å²) in [6.45, 7) is 5.42. The number of hydrogen-bond donors (Lipinski definition) is 0. The van der Waals surface area contributed by atoms with Crippen molar-refractivity contribution >= 4 is 5.97 Å². The van der Waals surface area contributed by atoms with Gasteiger partial charge >= 0.3 is 12.1 Å². The Balaban J connectivity index is 1.39. The van der Waals surface area contributed by atoms with Crippen molar-refractivity contribution in [3.05, 3.63) is 29.8 Å². The van der Waals surface area contributed by atoms with E-state index in [0.717, 1.165) is 57.3 Å². The molecule has 8 heteroatoms. The van der Waals surface area contributed by atoms with Crippen LogP contribution in [-0.4, -0.2) is 43.9 Å². The number of unbranched alkanes of at least 4 members (excludes halogenated alkanes) is 8. The normalized spacial score (nSPS) is 25.1. The molecule has 1 aromatic rings. The second kappa shape index (κ2) is 18.0. The van der Waals surface area contributed by atoms with Gasteiger partial charge in [0.25, 0.3) is 0 Å². The van der Waals surface area contributed by atoms with Crippen molar-refractivity contribution in [1.82, 2.24) is 0 Å². The van der Waals surface area contributed by atoms with Crippen LogP contribution in [-0.2, 0) is 19.0 Å². The zero-order chi connectivity index (χ0) is 29.5. The molecule has 0 amide bonds. The van der Waals surface area contributed by atoms with E-state index in [4.69, 9.17) is 18.9 Å². The third-order valence-electron chi connectivity index (χ3n) is 8.39. The monoisotopic (exact) mass is 584 g/mol. The summed E-state index contributed by atoms with van der Waals surface area (Å²) in [5.41, 5.74) is 1.21. The first-order valence-electron chi connectivity index (χ1n) is 16.1. The quantitative estimate of drug-likeness (QED) is 0.135. The Bertz CT molecular complexity index is 851. The molecule has 1 saturated heterocycles. The number of halogens is 3. The largest absolute Gasteiger partial charge is 0.494 e. The Labute approximate surface area is 244 Å². The van der Waals surface area contributed by atoms with Gasteiger partial charge in [-0.15, -0.1) is 0 Å². The summed E-state index contributed by atoms with van der Waals surface area (Å²) >= 11 is 0. The number of alkyl halides is 3. The number of rotatable bonds is 17. The van der Waals surface area contributed by atoms with Gasteiger partial charge in [0, 0.05) is 13.0 Å². The van der Waals surface area contributed by atoms with Crippen molar-refractivity contribution in [2.75, 3.05) is 13.2 Å². The molecule has 0 bridgehead atoms. The van der Waals surface area contributed by atoms with Gasteiger partial charge in [0.2, 0.25) is 0 Å². The van der Waals surface area contributed by atoms with Gasteiger partial charge in [-0.3, -0.25) is 4.79 Å². The number of carbonyl (C=O) groups excluding carboxylic acids is 1. The topological polar surface area (TPSA) is 54.0 Å². The highest BCUT2D eigenvalue weighted by Gasteiger charge is 2.51. The maximum Gasteiger partial charge on any atom is 0.418 e. The van der Waals surface area contributed by atoms with E-state index in [9.17, 15) is 18.0 Å². The van der Waals surface area contributed by atoms with Crippen molar-refractivity contribution in [2.24, 2.45) is 5.92 Å². The van der Waals surface area contributed by atoms with Crippen LogP contribution < -0.4 is 4.74 Å². The van der Waals surface area contributed by atoms with Gasteiger partial charge < -0.3 is 18.9 Å². The van der Waals surface area contributed by atoms with E-state index in [2.05, 4.69) is 26.0 Å². The van der Waals surface area contributed by atoms with Crippen LogP contribution >= 0.6 is 0 Å². The Hall–Kier alpha value is -1.80. The van der Waals surface area contributed by atoms with Crippen LogP contribution in [0.2, 0.25) is 0 Å². The minimum Gasteiger partial charge on any atom is -0.494 e. The fourth-order valence-corrected chi connectivity index (χ4v) is 5.86. The van der Waals surface area contributed by atoms with Crippen molar-refractivity contribution in [1.29, 1.82) is 0 Å². The molecule has 1 saturated carbocycles. The summed E-state index contributed by atoms with van der Waals surface area (Å²) in [5, 5.41) is 0. The highest BCUT2D eigenvalue weighted by Crippen LogP contribution is 2.39. The molecular formula is C33H51F3O5. The van der Waals surface area contributed by atoms with Gasteiger partial charge in [-0.05, 0) is 68.6 Å². The van der Waals surface area contributed by atoms with Crippen molar-refractivity contribution in [3.8, 4) is 5.75 Å². The molecule has 0 spiro atoms. The molecule has 2 aliphatic rings. The fourth-order valence-electron chi connectivity index (χ4n) is 5.86. The smallest absolute Gasteiger partial charge is 0.418 e. The lowest BCUT2D eigenvalue weighted by Crippen LogP contribution is -2.51. The highest BCUT2D eigenvalue weighted by molar-refractivity contribution is 5.72. The molecule has 1 heterocycles. The molecule has 0 radical (unpaired) electrons. The SMILES string of the molecule is CCCCCCCCOc1ccc(C2CCC(C(=O)O[C@H]3CC[C@@H](OCCCCCC)O[C@@H]3C(F)(F)F)CC2)cc1. The second-order valence-electron chi connectivity index (χ2n) is 11.7. The van der Waals surface area contributed by atoms with Crippen molar-refractivity contribution in [2.45, 2.75) is 147 Å². The summed E-state index contributed by atoms with van der Waals surface area (Å²) in [6, 6.07) is 8.20. The van der Waals surface area contributed by atoms with Gasteiger partial charge in [-0.1, -0.05) is 77.3 Å². The average molecular weight is 585 g/mol. The molecule has 5 nitrogen and oxygen atoms in total. The highest BCUT2D eigenvalue weighted by atomic mass is 19.4. The molecule has 1 aliphatic heterocycles. The zero-order valence-corrected chi connectivity index (χ0v) is 25.1. The molecule has 234 valence electrons. The standard InChI is InChI=1S/C33H51F3O5/c1-3-5-7-9-10-12-23-38-28-19-17-26(18-20-28)25-13-15-27(16-14-25)32(37)40-29-21-22-30(39-24-11-8-6-4-2)41-31(29)33(34,35)36/h17-20,25,27,29-31H,3-16,21-24H2,1-2H3/t25?,27?,29-,30-,31-/m0/s1. The third kappa shape index (κ3) is 11.8. The van der Waals surface area contributed by atoms with Crippen LogP contribution in [0.15, 0.2) is 24.3 Å². The first-order chi connectivity index (χ1) is 19.8. The summed E-state index contributed by atoms with van der Waals surface area (Å²) < 4.78 is 63.5. The van der Waals surface area contributed by atoms with E-state index < -0.39 is 30.6 Å². The molecular weight excluding hydrogens is 533 g/mol. The molecule has 0 aromatic heterocycles. The zero-order valence-electron chi connectivity index (χ0n) is 25.1. The maximum absolute atomic E-state index is 13.8. The first kappa shape index (κ1) is 33.7. The van der Waals surface area contributed by atoms with E-state index in [0.29, 0.717) is 25.4 Å². The molecule has 1 aromatic carbocycles. The van der Waals surface area contributed by atoms with E-state index in [1.165, 1.54) is 37.7 Å². The number of esters is 1. The van der Waals surface area contributed by atoms with Gasteiger partial charge in [0.05, 0.1) is 12.5 Å². The first-order valence-corrected chi connectivity index (χ1v) is 16.1. The van der Waals surface area contributed by atoms with E-state index >= 15 is 0 Å². The molecule has 3 atom stereocenters. The minimum absolute atomic E-state index is 0.0815. The van der Waals surface area contributed by atoms with Crippen LogP contribution in [0.25, 0.3) is 0 Å². The number of benzene rings is 1. The number of ether oxygens (including phenoxy) is 4.